The fraction of sp³-hybridized carbons (Fsp3) is 0.844. The van der Waals surface area contributed by atoms with Crippen LogP contribution in [0.25, 0.3) is 0 Å². The fourth-order valence-corrected chi connectivity index (χ4v) is 16.7. The van der Waals surface area contributed by atoms with Gasteiger partial charge in [0.15, 0.2) is 9.84 Å². The highest BCUT2D eigenvalue weighted by atomic mass is 32.2. The average molecular weight is 755 g/mol. The van der Waals surface area contributed by atoms with Gasteiger partial charge < -0.3 is 10.4 Å². The molecule has 5 fully saturated rings. The molecule has 7 rings (SSSR count). The molecule has 7 aliphatic rings. The van der Waals surface area contributed by atoms with Crippen molar-refractivity contribution in [3.8, 4) is 0 Å². The summed E-state index contributed by atoms with van der Waals surface area (Å²) in [4.78, 5) is 14.3. The summed E-state index contributed by atoms with van der Waals surface area (Å²) in [6.07, 6.45) is 15.9. The molecule has 3 unspecified atom stereocenters. The van der Waals surface area contributed by atoms with E-state index in [1.165, 1.54) is 61.7 Å². The fourth-order valence-electron chi connectivity index (χ4n) is 15.1. The second-order valence-electron chi connectivity index (χ2n) is 20.9. The zero-order valence-corrected chi connectivity index (χ0v) is 35.1. The maximum atomic E-state index is 14.0. The molecule has 13 atom stereocenters. The minimum Gasteiger partial charge on any atom is -0.481 e. The third kappa shape index (κ3) is 5.93. The predicted octanol–water partition coefficient (Wildman–Crippen LogP) is 9.04. The number of carboxylic acids is 1. The Morgan fingerprint density at radius 1 is 0.962 bits per heavy atom. The largest absolute Gasteiger partial charge is 0.481 e. The maximum absolute atomic E-state index is 14.0. The molecule has 1 heterocycles. The first kappa shape index (κ1) is 39.7. The van der Waals surface area contributed by atoms with E-state index in [4.69, 9.17) is 0 Å². The summed E-state index contributed by atoms with van der Waals surface area (Å²) in [6.45, 7) is 25.9. The van der Waals surface area contributed by atoms with E-state index in [1.807, 2.05) is 13.8 Å². The van der Waals surface area contributed by atoms with Crippen molar-refractivity contribution in [3.05, 3.63) is 35.5 Å². The Balaban J connectivity index is 1.09. The Morgan fingerprint density at radius 2 is 1.64 bits per heavy atom. The molecule has 0 aromatic carbocycles. The Morgan fingerprint density at radius 3 is 2.25 bits per heavy atom. The van der Waals surface area contributed by atoms with Crippen LogP contribution in [0.15, 0.2) is 35.5 Å². The molecule has 0 spiro atoms. The van der Waals surface area contributed by atoms with E-state index in [0.717, 1.165) is 19.5 Å². The number of nitrogens with zero attached hydrogens (tertiary/aromatic N) is 1. The van der Waals surface area contributed by atoms with Gasteiger partial charge in [0.2, 0.25) is 0 Å². The number of sulfone groups is 1. The van der Waals surface area contributed by atoms with Crippen molar-refractivity contribution in [1.29, 1.82) is 0 Å². The van der Waals surface area contributed by atoms with Crippen LogP contribution in [0.2, 0.25) is 0 Å². The Labute approximate surface area is 321 Å². The first-order valence-electron chi connectivity index (χ1n) is 21.3. The highest BCUT2D eigenvalue weighted by Crippen LogP contribution is 2.76. The molecular formula is C45H71FN2O4S. The number of allylic oxidation sites excluding steroid dienone is 5. The van der Waals surface area contributed by atoms with E-state index in [9.17, 15) is 22.7 Å². The van der Waals surface area contributed by atoms with E-state index in [0.29, 0.717) is 67.5 Å². The van der Waals surface area contributed by atoms with Crippen molar-refractivity contribution < 1.29 is 22.7 Å². The number of carbonyl (C=O) groups is 1. The molecule has 1 aliphatic heterocycles. The first-order chi connectivity index (χ1) is 24.8. The SMILES string of the molecule is C=C(C)[C@@H]1C[C@@H](NCCN2CC(C)S(=O)(=O)C(C)C2)C2CC[C@]3(C)[C@H](CC[C@@H]4[C@@]5(C)CC=C(C6=CC[C@](CF)(C(=O)O)CC6)C(C)(C)[C@@H]5CC[C@]43C)[C@H]21. The van der Waals surface area contributed by atoms with Crippen LogP contribution in [0.1, 0.15) is 126 Å². The lowest BCUT2D eigenvalue weighted by molar-refractivity contribution is -0.217. The van der Waals surface area contributed by atoms with E-state index in [-0.39, 0.29) is 38.6 Å². The van der Waals surface area contributed by atoms with Gasteiger partial charge in [0.1, 0.15) is 6.67 Å². The molecular weight excluding hydrogens is 684 g/mol. The lowest BCUT2D eigenvalue weighted by Gasteiger charge is -2.71. The minimum atomic E-state index is -3.01. The number of alkyl halides is 1. The van der Waals surface area contributed by atoms with Crippen molar-refractivity contribution in [3.63, 3.8) is 0 Å². The van der Waals surface area contributed by atoms with Gasteiger partial charge in [0.05, 0.1) is 15.9 Å². The third-order valence-electron chi connectivity index (χ3n) is 18.2. The minimum absolute atomic E-state index is 0.0115. The van der Waals surface area contributed by atoms with Crippen LogP contribution in [0, 0.1) is 62.6 Å². The number of halogens is 1. The van der Waals surface area contributed by atoms with Gasteiger partial charge in [-0.05, 0) is 160 Å². The topological polar surface area (TPSA) is 86.7 Å². The Bertz CT molecular complexity index is 1640. The summed E-state index contributed by atoms with van der Waals surface area (Å²) in [7, 11) is -3.01. The van der Waals surface area contributed by atoms with Crippen molar-refractivity contribution in [2.75, 3.05) is 32.9 Å². The Kier molecular flexibility index (Phi) is 10.2. The van der Waals surface area contributed by atoms with E-state index in [1.54, 1.807) is 0 Å². The Hall–Kier alpha value is -1.51. The lowest BCUT2D eigenvalue weighted by atomic mass is 9.33. The van der Waals surface area contributed by atoms with Crippen LogP contribution in [0.4, 0.5) is 4.39 Å². The molecule has 6 aliphatic carbocycles. The predicted molar refractivity (Wildman–Crippen MR) is 213 cm³/mol. The molecule has 8 heteroatoms. The zero-order valence-electron chi connectivity index (χ0n) is 34.3. The smallest absolute Gasteiger partial charge is 0.312 e. The van der Waals surface area contributed by atoms with Gasteiger partial charge in [-0.1, -0.05) is 58.9 Å². The number of nitrogens with one attached hydrogen (secondary N) is 1. The second kappa shape index (κ2) is 13.6. The van der Waals surface area contributed by atoms with Crippen LogP contribution in [0.5, 0.6) is 0 Å². The molecule has 4 saturated carbocycles. The molecule has 53 heavy (non-hydrogen) atoms. The molecule has 0 aromatic rings. The molecule has 0 radical (unpaired) electrons. The van der Waals surface area contributed by atoms with Crippen LogP contribution < -0.4 is 5.32 Å². The van der Waals surface area contributed by atoms with E-state index >= 15 is 0 Å². The number of rotatable bonds is 8. The van der Waals surface area contributed by atoms with Crippen molar-refractivity contribution in [1.82, 2.24) is 10.2 Å². The highest BCUT2D eigenvalue weighted by Gasteiger charge is 2.69. The van der Waals surface area contributed by atoms with Crippen LogP contribution >= 0.6 is 0 Å². The molecule has 6 nitrogen and oxygen atoms in total. The van der Waals surface area contributed by atoms with Crippen molar-refractivity contribution in [2.24, 2.45) is 62.6 Å². The molecule has 0 bridgehead atoms. The molecule has 0 amide bonds. The van der Waals surface area contributed by atoms with Gasteiger partial charge in [0, 0.05) is 32.2 Å². The average Bonchev–Trinajstić information content (AvgIpc) is 3.46. The van der Waals surface area contributed by atoms with Gasteiger partial charge >= 0.3 is 5.97 Å². The summed E-state index contributed by atoms with van der Waals surface area (Å²) in [5, 5.41) is 13.3. The summed E-state index contributed by atoms with van der Waals surface area (Å²) in [6, 6.07) is 0.496. The van der Waals surface area contributed by atoms with Crippen LogP contribution in [-0.2, 0) is 14.6 Å². The van der Waals surface area contributed by atoms with E-state index < -0.39 is 27.9 Å². The number of hydrogen-bond donors (Lipinski definition) is 2. The monoisotopic (exact) mass is 755 g/mol. The normalized spacial score (nSPS) is 47.6. The van der Waals surface area contributed by atoms with Gasteiger partial charge in [0.25, 0.3) is 0 Å². The number of hydrogen-bond acceptors (Lipinski definition) is 5. The number of aliphatic carboxylic acids is 1. The summed E-state index contributed by atoms with van der Waals surface area (Å²) < 4.78 is 39.2. The van der Waals surface area contributed by atoms with E-state index in [2.05, 4.69) is 70.5 Å². The van der Waals surface area contributed by atoms with Gasteiger partial charge in [-0.2, -0.15) is 0 Å². The van der Waals surface area contributed by atoms with Gasteiger partial charge in [-0.15, -0.1) is 0 Å². The van der Waals surface area contributed by atoms with Gasteiger partial charge in [-0.25, -0.2) is 12.8 Å². The molecule has 2 N–H and O–H groups in total. The standard InChI is InChI=1S/C45H71FN2O4S/c1-28(2)33-24-36(47-22-23-48-25-29(3)53(51,52)30(4)26-48)32-14-18-43(8)35(39(32)33)10-11-38-42(7)17-15-34(41(5,6)37(42)16-19-44(38,43)9)31-12-20-45(27-46,21-13-31)40(49)50/h12,15,29-30,32-33,35-39,47H,1,10-11,13-14,16-27H2,2-9H3,(H,49,50)/t29?,30?,32?,33-,35+,36+,37-,38+,39+,42-,43+,44+,45-/m0/s1. The van der Waals surface area contributed by atoms with Crippen LogP contribution in [0.3, 0.4) is 0 Å². The molecule has 298 valence electrons. The first-order valence-corrected chi connectivity index (χ1v) is 22.9. The van der Waals surface area contributed by atoms with Crippen molar-refractivity contribution in [2.45, 2.75) is 143 Å². The zero-order chi connectivity index (χ0) is 38.5. The molecule has 1 saturated heterocycles. The van der Waals surface area contributed by atoms with Crippen LogP contribution in [-0.4, -0.2) is 73.8 Å². The number of carboxylic acid groups (broad SMARTS) is 1. The second-order valence-corrected chi connectivity index (χ2v) is 23.7. The summed E-state index contributed by atoms with van der Waals surface area (Å²) >= 11 is 0. The number of fused-ring (bicyclic) bond motifs is 7. The quantitative estimate of drug-likeness (QED) is 0.241. The lowest BCUT2D eigenvalue weighted by Crippen LogP contribution is -2.64. The molecule has 0 aromatic heterocycles. The summed E-state index contributed by atoms with van der Waals surface area (Å²) in [5.74, 6) is 2.81. The van der Waals surface area contributed by atoms with Gasteiger partial charge in [-0.3, -0.25) is 9.69 Å². The third-order valence-corrected chi connectivity index (χ3v) is 20.8. The highest BCUT2D eigenvalue weighted by molar-refractivity contribution is 7.92. The van der Waals surface area contributed by atoms with Crippen molar-refractivity contribution >= 4 is 15.8 Å². The summed E-state index contributed by atoms with van der Waals surface area (Å²) in [5.41, 5.74) is 3.53. The maximum Gasteiger partial charge on any atom is 0.312 e.